The SMILES string of the molecule is CN=CN(C)c1cccc2c1CCN(c1nc3cc(OC)c(OC)cc3c(=O)[nH]1)C2. The van der Waals surface area contributed by atoms with Gasteiger partial charge in [-0.2, -0.15) is 0 Å². The molecule has 0 atom stereocenters. The first-order valence-corrected chi connectivity index (χ1v) is 9.72. The lowest BCUT2D eigenvalue weighted by molar-refractivity contribution is 0.355. The molecule has 156 valence electrons. The number of anilines is 2. The number of benzene rings is 2. The third kappa shape index (κ3) is 3.45. The van der Waals surface area contributed by atoms with Gasteiger partial charge in [-0.05, 0) is 29.7 Å². The fourth-order valence-corrected chi connectivity index (χ4v) is 3.94. The number of aliphatic imine (C=N–C) groups is 1. The summed E-state index contributed by atoms with van der Waals surface area (Å²) < 4.78 is 10.7. The van der Waals surface area contributed by atoms with Gasteiger partial charge in [0.05, 0.1) is 31.5 Å². The summed E-state index contributed by atoms with van der Waals surface area (Å²) in [5, 5.41) is 0.469. The summed E-state index contributed by atoms with van der Waals surface area (Å²) in [7, 11) is 6.87. The molecule has 8 nitrogen and oxygen atoms in total. The number of methoxy groups -OCH3 is 2. The smallest absolute Gasteiger partial charge is 0.260 e. The molecule has 3 aromatic rings. The third-order valence-corrected chi connectivity index (χ3v) is 5.41. The van der Waals surface area contributed by atoms with Crippen molar-refractivity contribution >= 4 is 28.9 Å². The molecule has 0 saturated carbocycles. The van der Waals surface area contributed by atoms with E-state index in [-0.39, 0.29) is 5.56 Å². The maximum atomic E-state index is 12.7. The molecule has 0 unspecified atom stereocenters. The maximum Gasteiger partial charge on any atom is 0.260 e. The molecule has 30 heavy (non-hydrogen) atoms. The van der Waals surface area contributed by atoms with Crippen LogP contribution in [0.1, 0.15) is 11.1 Å². The van der Waals surface area contributed by atoms with Crippen molar-refractivity contribution in [2.24, 2.45) is 4.99 Å². The fourth-order valence-electron chi connectivity index (χ4n) is 3.94. The lowest BCUT2D eigenvalue weighted by Gasteiger charge is -2.31. The van der Waals surface area contributed by atoms with Gasteiger partial charge in [-0.1, -0.05) is 12.1 Å². The van der Waals surface area contributed by atoms with Crippen LogP contribution in [0.3, 0.4) is 0 Å². The Bertz CT molecular complexity index is 1170. The average molecular weight is 407 g/mol. The number of fused-ring (bicyclic) bond motifs is 2. The Hall–Kier alpha value is -3.55. The standard InChI is InChI=1S/C22H25N5O3/c1-23-13-26(2)18-7-5-6-14-12-27(9-8-15(14)18)22-24-17-11-20(30-4)19(29-3)10-16(17)21(28)25-22/h5-7,10-11,13H,8-9,12H2,1-4H3,(H,24,25,28). The van der Waals surface area contributed by atoms with Gasteiger partial charge < -0.3 is 19.3 Å². The third-order valence-electron chi connectivity index (χ3n) is 5.41. The molecule has 4 rings (SSSR count). The molecular formula is C22H25N5O3. The monoisotopic (exact) mass is 407 g/mol. The van der Waals surface area contributed by atoms with E-state index in [0.717, 1.165) is 18.7 Å². The number of nitrogens with zero attached hydrogens (tertiary/aromatic N) is 4. The summed E-state index contributed by atoms with van der Waals surface area (Å²) in [4.78, 5) is 28.6. The second kappa shape index (κ2) is 8.06. The second-order valence-corrected chi connectivity index (χ2v) is 7.18. The topological polar surface area (TPSA) is 83.0 Å². The van der Waals surface area contributed by atoms with Crippen molar-refractivity contribution in [3.63, 3.8) is 0 Å². The second-order valence-electron chi connectivity index (χ2n) is 7.18. The van der Waals surface area contributed by atoms with Crippen molar-refractivity contribution in [2.75, 3.05) is 44.7 Å². The van der Waals surface area contributed by atoms with Crippen LogP contribution in [-0.2, 0) is 13.0 Å². The van der Waals surface area contributed by atoms with E-state index in [1.54, 1.807) is 33.4 Å². The number of nitrogens with one attached hydrogen (secondary N) is 1. The number of aromatic nitrogens is 2. The number of H-pyrrole nitrogens is 1. The quantitative estimate of drug-likeness (QED) is 0.517. The van der Waals surface area contributed by atoms with Crippen LogP contribution in [0.5, 0.6) is 11.5 Å². The number of hydrogen-bond acceptors (Lipinski definition) is 6. The van der Waals surface area contributed by atoms with E-state index in [1.165, 1.54) is 11.1 Å². The lowest BCUT2D eigenvalue weighted by Crippen LogP contribution is -2.34. The summed E-state index contributed by atoms with van der Waals surface area (Å²) in [6, 6.07) is 9.67. The van der Waals surface area contributed by atoms with Crippen molar-refractivity contribution in [3.05, 3.63) is 51.8 Å². The first-order chi connectivity index (χ1) is 14.5. The molecule has 0 spiro atoms. The first kappa shape index (κ1) is 19.8. The van der Waals surface area contributed by atoms with Gasteiger partial charge in [-0.3, -0.25) is 14.8 Å². The molecule has 0 aliphatic carbocycles. The van der Waals surface area contributed by atoms with E-state index in [1.807, 2.05) is 24.4 Å². The summed E-state index contributed by atoms with van der Waals surface area (Å²) >= 11 is 0. The van der Waals surface area contributed by atoms with Crippen molar-refractivity contribution in [2.45, 2.75) is 13.0 Å². The molecule has 1 aromatic heterocycles. The number of rotatable bonds is 5. The minimum absolute atomic E-state index is 0.200. The van der Waals surface area contributed by atoms with Crippen LogP contribution in [0.2, 0.25) is 0 Å². The average Bonchev–Trinajstić information content (AvgIpc) is 2.77. The highest BCUT2D eigenvalue weighted by atomic mass is 16.5. The molecule has 8 heteroatoms. The molecule has 1 N–H and O–H groups in total. The van der Waals surface area contributed by atoms with Crippen molar-refractivity contribution in [1.82, 2.24) is 9.97 Å². The Labute approximate surface area is 174 Å². The Balaban J connectivity index is 1.71. The van der Waals surface area contributed by atoms with Crippen LogP contribution >= 0.6 is 0 Å². The highest BCUT2D eigenvalue weighted by molar-refractivity contribution is 5.83. The van der Waals surface area contributed by atoms with Crippen LogP contribution in [0, 0.1) is 0 Å². The van der Waals surface area contributed by atoms with E-state index >= 15 is 0 Å². The van der Waals surface area contributed by atoms with Gasteiger partial charge in [0.1, 0.15) is 0 Å². The summed E-state index contributed by atoms with van der Waals surface area (Å²) in [6.07, 6.45) is 2.66. The van der Waals surface area contributed by atoms with Gasteiger partial charge in [0.15, 0.2) is 11.5 Å². The largest absolute Gasteiger partial charge is 0.493 e. The zero-order chi connectivity index (χ0) is 21.3. The Morgan fingerprint density at radius 3 is 2.73 bits per heavy atom. The fraction of sp³-hybridized carbons (Fsp3) is 0.318. The molecule has 2 heterocycles. The van der Waals surface area contributed by atoms with Gasteiger partial charge in [0.25, 0.3) is 5.56 Å². The predicted molar refractivity (Wildman–Crippen MR) is 119 cm³/mol. The maximum absolute atomic E-state index is 12.7. The lowest BCUT2D eigenvalue weighted by atomic mass is 9.97. The zero-order valence-corrected chi connectivity index (χ0v) is 17.6. The van der Waals surface area contributed by atoms with Crippen LogP contribution in [0.15, 0.2) is 40.1 Å². The Morgan fingerprint density at radius 2 is 2.00 bits per heavy atom. The van der Waals surface area contributed by atoms with Crippen molar-refractivity contribution in [1.29, 1.82) is 0 Å². The molecule has 2 aromatic carbocycles. The molecule has 0 radical (unpaired) electrons. The first-order valence-electron chi connectivity index (χ1n) is 9.72. The molecular weight excluding hydrogens is 382 g/mol. The van der Waals surface area contributed by atoms with Crippen LogP contribution in [-0.4, -0.2) is 51.2 Å². The van der Waals surface area contributed by atoms with Gasteiger partial charge in [-0.25, -0.2) is 4.98 Å². The minimum atomic E-state index is -0.200. The van der Waals surface area contributed by atoms with Crippen LogP contribution in [0.25, 0.3) is 10.9 Å². The Morgan fingerprint density at radius 1 is 1.23 bits per heavy atom. The summed E-state index contributed by atoms with van der Waals surface area (Å²) in [6.45, 7) is 1.42. The summed E-state index contributed by atoms with van der Waals surface area (Å²) in [5.41, 5.74) is 4.03. The molecule has 1 aliphatic heterocycles. The summed E-state index contributed by atoms with van der Waals surface area (Å²) in [5.74, 6) is 1.60. The van der Waals surface area contributed by atoms with E-state index in [0.29, 0.717) is 34.9 Å². The highest BCUT2D eigenvalue weighted by Gasteiger charge is 2.22. The van der Waals surface area contributed by atoms with Gasteiger partial charge >= 0.3 is 0 Å². The Kier molecular flexibility index (Phi) is 5.31. The minimum Gasteiger partial charge on any atom is -0.493 e. The number of aromatic amines is 1. The van der Waals surface area contributed by atoms with Gasteiger partial charge in [0.2, 0.25) is 5.95 Å². The van der Waals surface area contributed by atoms with Crippen molar-refractivity contribution < 1.29 is 9.47 Å². The molecule has 0 fully saturated rings. The van der Waals surface area contributed by atoms with E-state index < -0.39 is 0 Å². The van der Waals surface area contributed by atoms with Crippen LogP contribution < -0.4 is 24.8 Å². The molecule has 0 bridgehead atoms. The van der Waals surface area contributed by atoms with E-state index in [4.69, 9.17) is 14.5 Å². The number of ether oxygens (including phenoxy) is 2. The van der Waals surface area contributed by atoms with Crippen LogP contribution in [0.4, 0.5) is 11.6 Å². The number of hydrogen-bond donors (Lipinski definition) is 1. The normalized spacial score (nSPS) is 13.5. The van der Waals surface area contributed by atoms with E-state index in [2.05, 4.69) is 27.0 Å². The zero-order valence-electron chi connectivity index (χ0n) is 17.6. The van der Waals surface area contributed by atoms with E-state index in [9.17, 15) is 4.79 Å². The van der Waals surface area contributed by atoms with Gasteiger partial charge in [0, 0.05) is 38.9 Å². The predicted octanol–water partition coefficient (Wildman–Crippen LogP) is 2.60. The highest BCUT2D eigenvalue weighted by Crippen LogP contribution is 2.32. The molecule has 0 amide bonds. The molecule has 1 aliphatic rings. The van der Waals surface area contributed by atoms with Gasteiger partial charge in [-0.15, -0.1) is 0 Å². The molecule has 0 saturated heterocycles. The van der Waals surface area contributed by atoms with Crippen molar-refractivity contribution in [3.8, 4) is 11.5 Å².